The van der Waals surface area contributed by atoms with Gasteiger partial charge in [0.25, 0.3) is 5.56 Å². The highest BCUT2D eigenvalue weighted by atomic mass is 32.2. The van der Waals surface area contributed by atoms with Gasteiger partial charge in [-0.2, -0.15) is 0 Å². The molecule has 9 heteroatoms. The maximum atomic E-state index is 13.1. The van der Waals surface area contributed by atoms with Gasteiger partial charge in [-0.25, -0.2) is 9.37 Å². The monoisotopic (exact) mass is 469 g/mol. The van der Waals surface area contributed by atoms with E-state index < -0.39 is 5.92 Å². The molecular weight excluding hydrogens is 445 g/mol. The number of para-hydroxylation sites is 1. The number of nitrogens with one attached hydrogen (secondary N) is 2. The number of ether oxygens (including phenoxy) is 2. The van der Waals surface area contributed by atoms with Crippen LogP contribution in [0, 0.1) is 5.82 Å². The van der Waals surface area contributed by atoms with Crippen molar-refractivity contribution in [1.29, 1.82) is 0 Å². The first-order chi connectivity index (χ1) is 16.0. The normalized spacial score (nSPS) is 15.0. The summed E-state index contributed by atoms with van der Waals surface area (Å²) < 4.78 is 24.5. The average Bonchev–Trinajstić information content (AvgIpc) is 2.81. The van der Waals surface area contributed by atoms with Gasteiger partial charge in [0.15, 0.2) is 16.7 Å². The van der Waals surface area contributed by atoms with Crippen molar-refractivity contribution >= 4 is 23.5 Å². The summed E-state index contributed by atoms with van der Waals surface area (Å²) in [6.45, 7) is 2.48. The highest BCUT2D eigenvalue weighted by molar-refractivity contribution is 7.98. The first kappa shape index (κ1) is 22.8. The van der Waals surface area contributed by atoms with Crippen molar-refractivity contribution in [3.8, 4) is 11.5 Å². The van der Waals surface area contributed by atoms with Crippen LogP contribution in [0.25, 0.3) is 0 Å². The van der Waals surface area contributed by atoms with Crippen LogP contribution >= 0.6 is 11.8 Å². The molecule has 7 nitrogen and oxygen atoms in total. The zero-order valence-electron chi connectivity index (χ0n) is 18.3. The van der Waals surface area contributed by atoms with Gasteiger partial charge >= 0.3 is 0 Å². The van der Waals surface area contributed by atoms with E-state index >= 15 is 0 Å². The molecule has 1 amide bonds. The number of aromatic nitrogens is 2. The van der Waals surface area contributed by atoms with Gasteiger partial charge in [0.05, 0.1) is 19.3 Å². The zero-order valence-corrected chi connectivity index (χ0v) is 19.1. The minimum Gasteiger partial charge on any atom is -0.493 e. The molecule has 1 aliphatic heterocycles. The summed E-state index contributed by atoms with van der Waals surface area (Å²) >= 11 is 1.30. The number of methoxy groups -OCH3 is 1. The van der Waals surface area contributed by atoms with Crippen LogP contribution in [-0.4, -0.2) is 29.6 Å². The van der Waals surface area contributed by atoms with Gasteiger partial charge < -0.3 is 19.8 Å². The van der Waals surface area contributed by atoms with Gasteiger partial charge in [0, 0.05) is 23.7 Å². The Morgan fingerprint density at radius 2 is 1.97 bits per heavy atom. The Bertz CT molecular complexity index is 1210. The number of carbonyl (C=O) groups is 1. The third-order valence-electron chi connectivity index (χ3n) is 5.27. The highest BCUT2D eigenvalue weighted by Gasteiger charge is 2.33. The quantitative estimate of drug-likeness (QED) is 0.373. The van der Waals surface area contributed by atoms with Crippen LogP contribution < -0.4 is 20.3 Å². The Hall–Kier alpha value is -3.33. The summed E-state index contributed by atoms with van der Waals surface area (Å²) in [5, 5.41) is 3.11. The van der Waals surface area contributed by atoms with Crippen LogP contribution in [0.5, 0.6) is 11.5 Å². The van der Waals surface area contributed by atoms with Gasteiger partial charge in [-0.1, -0.05) is 43.0 Å². The van der Waals surface area contributed by atoms with E-state index in [4.69, 9.17) is 9.47 Å². The van der Waals surface area contributed by atoms with Crippen molar-refractivity contribution < 1.29 is 18.7 Å². The molecule has 172 valence electrons. The van der Waals surface area contributed by atoms with Crippen molar-refractivity contribution in [2.24, 2.45) is 0 Å². The van der Waals surface area contributed by atoms with Crippen molar-refractivity contribution in [2.45, 2.75) is 36.6 Å². The fraction of sp³-hybridized carbons (Fsp3) is 0.292. The number of benzene rings is 2. The number of anilines is 1. The number of nitrogens with zero attached hydrogens (tertiary/aromatic N) is 1. The summed E-state index contributed by atoms with van der Waals surface area (Å²) in [6.07, 6.45) is 0.894. The van der Waals surface area contributed by atoms with E-state index in [2.05, 4.69) is 15.3 Å². The number of hydrogen-bond donors (Lipinski definition) is 2. The molecule has 0 spiro atoms. The van der Waals surface area contributed by atoms with Crippen LogP contribution in [-0.2, 0) is 10.5 Å². The summed E-state index contributed by atoms with van der Waals surface area (Å²) in [5.41, 5.74) is 1.65. The minimum atomic E-state index is -0.525. The van der Waals surface area contributed by atoms with E-state index in [1.807, 2.05) is 19.1 Å². The summed E-state index contributed by atoms with van der Waals surface area (Å²) in [4.78, 5) is 33.0. The number of rotatable bonds is 8. The number of aromatic amines is 1. The summed E-state index contributed by atoms with van der Waals surface area (Å²) in [6, 6.07) is 11.6. The predicted octanol–water partition coefficient (Wildman–Crippen LogP) is 4.47. The second-order valence-electron chi connectivity index (χ2n) is 7.58. The van der Waals surface area contributed by atoms with Gasteiger partial charge in [-0.15, -0.1) is 0 Å². The third kappa shape index (κ3) is 5.03. The van der Waals surface area contributed by atoms with E-state index in [-0.39, 0.29) is 29.5 Å². The van der Waals surface area contributed by atoms with Crippen LogP contribution in [0.15, 0.2) is 52.4 Å². The number of amides is 1. The standard InChI is InChI=1S/C24H24FN3O4S/c1-3-11-32-21-16(5-4-6-18(21)31-2)17-12-19(29)26-22-20(17)23(30)28-24(27-22)33-13-14-7-9-15(25)10-8-14/h4-10,17H,3,11-13H2,1-2H3,(H2,26,27,28,29,30)/t17-/m0/s1. The molecule has 1 aromatic heterocycles. The smallest absolute Gasteiger partial charge is 0.257 e. The highest BCUT2D eigenvalue weighted by Crippen LogP contribution is 2.42. The number of carbonyl (C=O) groups excluding carboxylic acids is 1. The first-order valence-corrected chi connectivity index (χ1v) is 11.6. The van der Waals surface area contributed by atoms with E-state index in [9.17, 15) is 14.0 Å². The van der Waals surface area contributed by atoms with Crippen molar-refractivity contribution in [3.63, 3.8) is 0 Å². The third-order valence-corrected chi connectivity index (χ3v) is 6.22. The molecule has 4 rings (SSSR count). The zero-order chi connectivity index (χ0) is 23.4. The van der Waals surface area contributed by atoms with Crippen molar-refractivity contribution in [3.05, 3.63) is 75.3 Å². The maximum Gasteiger partial charge on any atom is 0.257 e. The first-order valence-electron chi connectivity index (χ1n) is 10.6. The molecule has 1 aliphatic rings. The molecule has 0 saturated carbocycles. The van der Waals surface area contributed by atoms with E-state index in [0.717, 1.165) is 12.0 Å². The number of hydrogen-bond acceptors (Lipinski definition) is 6. The lowest BCUT2D eigenvalue weighted by Crippen LogP contribution is -2.31. The number of halogens is 1. The maximum absolute atomic E-state index is 13.1. The number of H-pyrrole nitrogens is 1. The number of thioether (sulfide) groups is 1. The second-order valence-corrected chi connectivity index (χ2v) is 8.54. The van der Waals surface area contributed by atoms with Crippen molar-refractivity contribution in [1.82, 2.24) is 9.97 Å². The van der Waals surface area contributed by atoms with E-state index in [1.54, 1.807) is 25.3 Å². The Morgan fingerprint density at radius 3 is 2.70 bits per heavy atom. The molecule has 1 atom stereocenters. The lowest BCUT2D eigenvalue weighted by molar-refractivity contribution is -0.116. The van der Waals surface area contributed by atoms with Crippen LogP contribution in [0.1, 0.15) is 42.4 Å². The molecule has 0 aliphatic carbocycles. The lowest BCUT2D eigenvalue weighted by atomic mass is 9.86. The Kier molecular flexibility index (Phi) is 6.98. The molecule has 0 saturated heterocycles. The van der Waals surface area contributed by atoms with Gasteiger partial charge in [0.1, 0.15) is 11.6 Å². The van der Waals surface area contributed by atoms with Gasteiger partial charge in [-0.3, -0.25) is 9.59 Å². The molecule has 0 fully saturated rings. The SMILES string of the molecule is CCCOc1c(OC)cccc1[C@@H]1CC(=O)Nc2nc(SCc3ccc(F)cc3)[nH]c(=O)c21. The molecule has 2 heterocycles. The largest absolute Gasteiger partial charge is 0.493 e. The fourth-order valence-corrected chi connectivity index (χ4v) is 4.56. The van der Waals surface area contributed by atoms with Crippen molar-refractivity contribution in [2.75, 3.05) is 19.0 Å². The van der Waals surface area contributed by atoms with Gasteiger partial charge in [-0.05, 0) is 30.2 Å². The van der Waals surface area contributed by atoms with E-state index in [1.165, 1.54) is 23.9 Å². The molecular formula is C24H24FN3O4S. The summed E-state index contributed by atoms with van der Waals surface area (Å²) in [7, 11) is 1.55. The van der Waals surface area contributed by atoms with E-state index in [0.29, 0.717) is 40.1 Å². The predicted molar refractivity (Wildman–Crippen MR) is 125 cm³/mol. The average molecular weight is 470 g/mol. The summed E-state index contributed by atoms with van der Waals surface area (Å²) in [5.74, 6) is 0.742. The molecule has 33 heavy (non-hydrogen) atoms. The second kappa shape index (κ2) is 10.1. The Morgan fingerprint density at radius 1 is 1.18 bits per heavy atom. The molecule has 0 unspecified atom stereocenters. The van der Waals surface area contributed by atoms with Gasteiger partial charge in [0.2, 0.25) is 5.91 Å². The molecule has 3 aromatic rings. The Balaban J connectivity index is 1.69. The van der Waals surface area contributed by atoms with Crippen LogP contribution in [0.2, 0.25) is 0 Å². The minimum absolute atomic E-state index is 0.0927. The molecule has 2 aromatic carbocycles. The molecule has 0 bridgehead atoms. The van der Waals surface area contributed by atoms with Crippen LogP contribution in [0.4, 0.5) is 10.2 Å². The Labute approximate surface area is 194 Å². The lowest BCUT2D eigenvalue weighted by Gasteiger charge is -2.26. The topological polar surface area (TPSA) is 93.3 Å². The molecule has 0 radical (unpaired) electrons. The number of fused-ring (bicyclic) bond motifs is 1. The van der Waals surface area contributed by atoms with Crippen LogP contribution in [0.3, 0.4) is 0 Å². The molecule has 2 N–H and O–H groups in total. The fourth-order valence-electron chi connectivity index (χ4n) is 3.74.